The van der Waals surface area contributed by atoms with Crippen LogP contribution in [0.2, 0.25) is 5.02 Å². The van der Waals surface area contributed by atoms with Gasteiger partial charge in [0.05, 0.1) is 29.2 Å². The highest BCUT2D eigenvalue weighted by Gasteiger charge is 2.43. The van der Waals surface area contributed by atoms with Crippen LogP contribution < -0.4 is 10.3 Å². The minimum atomic E-state index is -0.708. The van der Waals surface area contributed by atoms with Gasteiger partial charge in [-0.05, 0) is 65.9 Å². The highest BCUT2D eigenvalue weighted by molar-refractivity contribution is 6.31. The molecule has 0 bridgehead atoms. The minimum Gasteiger partial charge on any atom is -0.462 e. The smallest absolute Gasteiger partial charge is 0.338 e. The third-order valence-electron chi connectivity index (χ3n) is 6.86. The fourth-order valence-corrected chi connectivity index (χ4v) is 4.91. The maximum absolute atomic E-state index is 13.8. The molecule has 1 aliphatic heterocycles. The van der Waals surface area contributed by atoms with Crippen molar-refractivity contribution in [3.05, 3.63) is 110 Å². The lowest BCUT2D eigenvalue weighted by Crippen LogP contribution is -2.29. The number of halogens is 1. The van der Waals surface area contributed by atoms with Gasteiger partial charge >= 0.3 is 5.97 Å². The lowest BCUT2D eigenvalue weighted by atomic mass is 9.95. The molecule has 194 valence electrons. The Morgan fingerprint density at radius 2 is 1.74 bits per heavy atom. The number of rotatable bonds is 7. The van der Waals surface area contributed by atoms with Crippen molar-refractivity contribution in [3.8, 4) is 0 Å². The fraction of sp³-hybridized carbons (Fsp3) is 0.258. The quantitative estimate of drug-likeness (QED) is 0.186. The average Bonchev–Trinajstić information content (AvgIpc) is 3.21. The molecule has 4 aromatic rings. The third kappa shape index (κ3) is 4.61. The second kappa shape index (κ2) is 10.5. The molecule has 0 radical (unpaired) electrons. The normalized spacial score (nSPS) is 14.8. The molecule has 38 heavy (non-hydrogen) atoms. The number of ether oxygens (including phenoxy) is 1. The van der Waals surface area contributed by atoms with Gasteiger partial charge in [-0.1, -0.05) is 63.1 Å². The van der Waals surface area contributed by atoms with Crippen molar-refractivity contribution in [2.24, 2.45) is 0 Å². The lowest BCUT2D eigenvalue weighted by Gasteiger charge is -2.25. The van der Waals surface area contributed by atoms with Crippen molar-refractivity contribution in [2.45, 2.75) is 45.6 Å². The van der Waals surface area contributed by atoms with Crippen LogP contribution in [0.25, 0.3) is 11.0 Å². The highest BCUT2D eigenvalue weighted by atomic mass is 35.5. The summed E-state index contributed by atoms with van der Waals surface area (Å²) >= 11 is 6.18. The van der Waals surface area contributed by atoms with Crippen LogP contribution in [0.15, 0.2) is 75.9 Å². The zero-order valence-corrected chi connectivity index (χ0v) is 22.2. The number of fused-ring (bicyclic) bond motifs is 2. The number of benzene rings is 3. The van der Waals surface area contributed by atoms with Crippen molar-refractivity contribution in [3.63, 3.8) is 0 Å². The van der Waals surface area contributed by atoms with Crippen molar-refractivity contribution < 1.29 is 18.7 Å². The summed E-state index contributed by atoms with van der Waals surface area (Å²) in [7, 11) is 0. The summed E-state index contributed by atoms with van der Waals surface area (Å²) in [6.07, 6.45) is 1.72. The van der Waals surface area contributed by atoms with E-state index in [0.717, 1.165) is 24.0 Å². The van der Waals surface area contributed by atoms with Gasteiger partial charge in [0.2, 0.25) is 5.76 Å². The van der Waals surface area contributed by atoms with Crippen LogP contribution in [0.5, 0.6) is 0 Å². The van der Waals surface area contributed by atoms with Crippen molar-refractivity contribution in [1.82, 2.24) is 0 Å². The molecule has 1 atom stereocenters. The summed E-state index contributed by atoms with van der Waals surface area (Å²) in [6.45, 7) is 6.60. The molecule has 0 spiro atoms. The second-order valence-corrected chi connectivity index (χ2v) is 10.2. The number of hydrogen-bond acceptors (Lipinski definition) is 5. The van der Waals surface area contributed by atoms with Gasteiger partial charge < -0.3 is 9.15 Å². The van der Waals surface area contributed by atoms with E-state index in [9.17, 15) is 14.4 Å². The summed E-state index contributed by atoms with van der Waals surface area (Å²) < 4.78 is 11.3. The number of hydrogen-bond donors (Lipinski definition) is 0. The maximum atomic E-state index is 13.8. The Bertz CT molecular complexity index is 1570. The largest absolute Gasteiger partial charge is 0.462 e. The Balaban J connectivity index is 1.62. The van der Waals surface area contributed by atoms with Crippen LogP contribution in [-0.2, 0) is 4.74 Å². The predicted octanol–water partition coefficient (Wildman–Crippen LogP) is 7.28. The van der Waals surface area contributed by atoms with E-state index >= 15 is 0 Å². The standard InChI is InChI=1S/C31H28ClNO5/c1-4-5-16-37-31(36)21-10-13-23(14-11-21)33-27(20-8-6-19(7-9-20)18(2)3)26-28(34)24-17-22(32)12-15-25(24)38-29(26)30(33)35/h6-15,17-18,27H,4-5,16H2,1-3H3. The number of esters is 1. The van der Waals surface area contributed by atoms with Crippen molar-refractivity contribution >= 4 is 40.1 Å². The molecule has 0 N–H and O–H groups in total. The third-order valence-corrected chi connectivity index (χ3v) is 7.10. The molecule has 5 rings (SSSR count). The zero-order chi connectivity index (χ0) is 27.0. The Morgan fingerprint density at radius 3 is 2.39 bits per heavy atom. The number of nitrogens with zero attached hydrogens (tertiary/aromatic N) is 1. The maximum Gasteiger partial charge on any atom is 0.338 e. The molecule has 2 heterocycles. The first-order chi connectivity index (χ1) is 18.3. The van der Waals surface area contributed by atoms with E-state index in [-0.39, 0.29) is 16.8 Å². The Labute approximate surface area is 225 Å². The van der Waals surface area contributed by atoms with Crippen molar-refractivity contribution in [2.75, 3.05) is 11.5 Å². The summed E-state index contributed by atoms with van der Waals surface area (Å²) in [6, 6.07) is 18.6. The second-order valence-electron chi connectivity index (χ2n) is 9.75. The minimum absolute atomic E-state index is 0.00538. The van der Waals surface area contributed by atoms with E-state index in [4.69, 9.17) is 20.8 Å². The average molecular weight is 530 g/mol. The van der Waals surface area contributed by atoms with Gasteiger partial charge in [0.1, 0.15) is 5.58 Å². The molecule has 0 saturated carbocycles. The van der Waals surface area contributed by atoms with Gasteiger partial charge in [-0.3, -0.25) is 14.5 Å². The van der Waals surface area contributed by atoms with Crippen LogP contribution >= 0.6 is 11.6 Å². The van der Waals surface area contributed by atoms with Gasteiger partial charge in [0, 0.05) is 10.7 Å². The zero-order valence-electron chi connectivity index (χ0n) is 21.5. The van der Waals surface area contributed by atoms with Crippen LogP contribution in [0.3, 0.4) is 0 Å². The number of amides is 1. The highest BCUT2D eigenvalue weighted by Crippen LogP contribution is 2.41. The number of carbonyl (C=O) groups excluding carboxylic acids is 2. The summed E-state index contributed by atoms with van der Waals surface area (Å²) in [4.78, 5) is 41.5. The molecule has 7 heteroatoms. The first kappa shape index (κ1) is 25.7. The molecule has 1 aromatic heterocycles. The molecule has 0 fully saturated rings. The monoisotopic (exact) mass is 529 g/mol. The SMILES string of the molecule is CCCCOC(=O)c1ccc(N2C(=O)c3oc4ccc(Cl)cc4c(=O)c3C2c2ccc(C(C)C)cc2)cc1. The molecule has 3 aromatic carbocycles. The van der Waals surface area contributed by atoms with E-state index in [0.29, 0.717) is 39.8 Å². The summed E-state index contributed by atoms with van der Waals surface area (Å²) in [5, 5.41) is 0.727. The van der Waals surface area contributed by atoms with E-state index in [2.05, 4.69) is 13.8 Å². The Hall–Kier alpha value is -3.90. The van der Waals surface area contributed by atoms with Crippen LogP contribution in [0.1, 0.15) is 83.2 Å². The molecule has 0 aliphatic carbocycles. The topological polar surface area (TPSA) is 76.8 Å². The predicted molar refractivity (Wildman–Crippen MR) is 148 cm³/mol. The Kier molecular flexibility index (Phi) is 7.09. The molecular formula is C31H28ClNO5. The molecule has 0 saturated heterocycles. The van der Waals surface area contributed by atoms with Gasteiger partial charge in [-0.2, -0.15) is 0 Å². The number of carbonyl (C=O) groups is 2. The van der Waals surface area contributed by atoms with Crippen LogP contribution in [0.4, 0.5) is 5.69 Å². The van der Waals surface area contributed by atoms with E-state index in [1.807, 2.05) is 31.2 Å². The summed E-state index contributed by atoms with van der Waals surface area (Å²) in [5.74, 6) is -0.503. The lowest BCUT2D eigenvalue weighted by molar-refractivity contribution is 0.0499. The molecule has 1 aliphatic rings. The van der Waals surface area contributed by atoms with E-state index < -0.39 is 17.9 Å². The van der Waals surface area contributed by atoms with Crippen LogP contribution in [-0.4, -0.2) is 18.5 Å². The molecule has 1 unspecified atom stereocenters. The first-order valence-electron chi connectivity index (χ1n) is 12.8. The summed E-state index contributed by atoms with van der Waals surface area (Å²) in [5.41, 5.74) is 3.12. The first-order valence-corrected chi connectivity index (χ1v) is 13.1. The molecular weight excluding hydrogens is 502 g/mol. The van der Waals surface area contributed by atoms with E-state index in [1.54, 1.807) is 47.4 Å². The fourth-order valence-electron chi connectivity index (χ4n) is 4.74. The van der Waals surface area contributed by atoms with Gasteiger partial charge in [0.15, 0.2) is 5.43 Å². The van der Waals surface area contributed by atoms with Crippen molar-refractivity contribution in [1.29, 1.82) is 0 Å². The molecule has 6 nitrogen and oxygen atoms in total. The number of anilines is 1. The van der Waals surface area contributed by atoms with Gasteiger partial charge in [-0.15, -0.1) is 0 Å². The van der Waals surface area contributed by atoms with Gasteiger partial charge in [-0.25, -0.2) is 4.79 Å². The number of unbranched alkanes of at least 4 members (excludes halogenated alkanes) is 1. The van der Waals surface area contributed by atoms with Crippen LogP contribution in [0, 0.1) is 0 Å². The Morgan fingerprint density at radius 1 is 1.03 bits per heavy atom. The molecule has 1 amide bonds. The van der Waals surface area contributed by atoms with Gasteiger partial charge in [0.25, 0.3) is 5.91 Å². The van der Waals surface area contributed by atoms with E-state index in [1.165, 1.54) is 0 Å².